The topological polar surface area (TPSA) is 74.3 Å². The fourth-order valence-corrected chi connectivity index (χ4v) is 5.40. The molecule has 3 aromatic heterocycles. The van der Waals surface area contributed by atoms with Gasteiger partial charge in [-0.05, 0) is 45.2 Å². The van der Waals surface area contributed by atoms with Crippen LogP contribution in [-0.2, 0) is 7.05 Å². The highest BCUT2D eigenvalue weighted by Gasteiger charge is 2.44. The Kier molecular flexibility index (Phi) is 4.59. The summed E-state index contributed by atoms with van der Waals surface area (Å²) >= 11 is 0. The molecular weight excluding hydrogens is 398 g/mol. The number of aromatic nitrogens is 7. The van der Waals surface area contributed by atoms with E-state index in [4.69, 9.17) is 25.0 Å². The van der Waals surface area contributed by atoms with Gasteiger partial charge in [-0.2, -0.15) is 4.68 Å². The lowest BCUT2D eigenvalue weighted by atomic mass is 9.88. The van der Waals surface area contributed by atoms with Crippen molar-refractivity contribution >= 4 is 11.0 Å². The highest BCUT2D eigenvalue weighted by molar-refractivity contribution is 5.76. The number of rotatable bonds is 4. The summed E-state index contributed by atoms with van der Waals surface area (Å²) in [6.45, 7) is 3.95. The maximum Gasteiger partial charge on any atom is 0.159 e. The Balaban J connectivity index is 1.34. The summed E-state index contributed by atoms with van der Waals surface area (Å²) in [5.41, 5.74) is 3.33. The van der Waals surface area contributed by atoms with Crippen molar-refractivity contribution in [3.8, 4) is 5.82 Å². The average Bonchev–Trinajstić information content (AvgIpc) is 3.40. The van der Waals surface area contributed by atoms with Crippen LogP contribution in [0.25, 0.3) is 16.9 Å². The number of nitrogens with zero attached hydrogens (tertiary/aromatic N) is 7. The van der Waals surface area contributed by atoms with Gasteiger partial charge < -0.3 is 4.57 Å². The Morgan fingerprint density at radius 1 is 0.844 bits per heavy atom. The zero-order chi connectivity index (χ0) is 21.8. The van der Waals surface area contributed by atoms with Crippen molar-refractivity contribution in [1.29, 1.82) is 0 Å². The van der Waals surface area contributed by atoms with Crippen LogP contribution in [0.15, 0.2) is 30.3 Å². The van der Waals surface area contributed by atoms with Gasteiger partial charge in [0.25, 0.3) is 0 Å². The predicted molar refractivity (Wildman–Crippen MR) is 123 cm³/mol. The fourth-order valence-electron chi connectivity index (χ4n) is 5.40. The number of hydrogen-bond donors (Lipinski definition) is 0. The zero-order valence-corrected chi connectivity index (χ0v) is 19.0. The molecule has 6 rings (SSSR count). The maximum absolute atomic E-state index is 4.92. The van der Waals surface area contributed by atoms with E-state index in [0.29, 0.717) is 17.8 Å². The monoisotopic (exact) mass is 427 g/mol. The molecule has 7 nitrogen and oxygen atoms in total. The third kappa shape index (κ3) is 3.31. The van der Waals surface area contributed by atoms with Crippen LogP contribution in [0.5, 0.6) is 0 Å². The van der Waals surface area contributed by atoms with Crippen molar-refractivity contribution in [2.45, 2.75) is 70.1 Å². The number of imidazole rings is 1. The Labute approximate surface area is 187 Å². The summed E-state index contributed by atoms with van der Waals surface area (Å²) in [6, 6.07) is 10.5. The number of benzene rings is 1. The van der Waals surface area contributed by atoms with Gasteiger partial charge in [0.05, 0.1) is 16.7 Å². The highest BCUT2D eigenvalue weighted by Crippen LogP contribution is 2.54. The molecule has 0 N–H and O–H groups in total. The molecule has 0 amide bonds. The van der Waals surface area contributed by atoms with Crippen LogP contribution in [0.1, 0.15) is 85.3 Å². The van der Waals surface area contributed by atoms with E-state index in [1.807, 2.05) is 24.6 Å². The minimum absolute atomic E-state index is 0.369. The summed E-state index contributed by atoms with van der Waals surface area (Å²) in [6.07, 6.45) is 7.31. The third-order valence-corrected chi connectivity index (χ3v) is 7.09. The van der Waals surface area contributed by atoms with Crippen LogP contribution in [0.4, 0.5) is 0 Å². The lowest BCUT2D eigenvalue weighted by Crippen LogP contribution is -2.14. The molecular formula is C25H29N7. The molecule has 0 radical (unpaired) electrons. The second kappa shape index (κ2) is 7.50. The minimum atomic E-state index is 0.369. The first kappa shape index (κ1) is 19.6. The number of para-hydroxylation sites is 2. The van der Waals surface area contributed by atoms with Gasteiger partial charge in [-0.25, -0.2) is 19.9 Å². The first-order chi connectivity index (χ1) is 15.6. The number of fused-ring (bicyclic) bond motifs is 1. The Morgan fingerprint density at radius 3 is 2.47 bits per heavy atom. The van der Waals surface area contributed by atoms with Crippen LogP contribution in [-0.4, -0.2) is 34.3 Å². The molecule has 3 heterocycles. The van der Waals surface area contributed by atoms with Crippen LogP contribution in [0.2, 0.25) is 0 Å². The van der Waals surface area contributed by atoms with E-state index in [0.717, 1.165) is 46.7 Å². The van der Waals surface area contributed by atoms with E-state index in [2.05, 4.69) is 35.9 Å². The summed E-state index contributed by atoms with van der Waals surface area (Å²) in [5.74, 6) is 5.89. The first-order valence-electron chi connectivity index (χ1n) is 11.8. The predicted octanol–water partition coefficient (Wildman–Crippen LogP) is 4.88. The van der Waals surface area contributed by atoms with Crippen molar-refractivity contribution in [3.63, 3.8) is 0 Å². The van der Waals surface area contributed by atoms with Gasteiger partial charge >= 0.3 is 0 Å². The molecule has 0 unspecified atom stereocenters. The van der Waals surface area contributed by atoms with Crippen molar-refractivity contribution < 1.29 is 0 Å². The number of hydrogen-bond acceptors (Lipinski definition) is 5. The van der Waals surface area contributed by atoms with Crippen molar-refractivity contribution in [3.05, 3.63) is 59.3 Å². The summed E-state index contributed by atoms with van der Waals surface area (Å²) in [7, 11) is 2.12. The van der Waals surface area contributed by atoms with E-state index in [9.17, 15) is 0 Å². The van der Waals surface area contributed by atoms with Crippen molar-refractivity contribution in [1.82, 2.24) is 34.3 Å². The molecule has 32 heavy (non-hydrogen) atoms. The van der Waals surface area contributed by atoms with E-state index in [1.165, 1.54) is 37.6 Å². The zero-order valence-electron chi connectivity index (χ0n) is 19.0. The third-order valence-electron chi connectivity index (χ3n) is 7.09. The molecule has 0 bridgehead atoms. The van der Waals surface area contributed by atoms with E-state index >= 15 is 0 Å². The van der Waals surface area contributed by atoms with Crippen LogP contribution >= 0.6 is 0 Å². The molecule has 2 aliphatic carbocycles. The van der Waals surface area contributed by atoms with Crippen LogP contribution < -0.4 is 0 Å². The highest BCUT2D eigenvalue weighted by atomic mass is 15.4. The van der Waals surface area contributed by atoms with Gasteiger partial charge in [-0.15, -0.1) is 5.10 Å². The van der Waals surface area contributed by atoms with E-state index in [-0.39, 0.29) is 0 Å². The molecule has 2 saturated carbocycles. The summed E-state index contributed by atoms with van der Waals surface area (Å²) in [5, 5.41) is 4.74. The van der Waals surface area contributed by atoms with E-state index < -0.39 is 0 Å². The molecule has 2 fully saturated rings. The van der Waals surface area contributed by atoms with Gasteiger partial charge in [0, 0.05) is 30.9 Å². The summed E-state index contributed by atoms with van der Waals surface area (Å²) in [4.78, 5) is 19.3. The molecule has 164 valence electrons. The first-order valence-corrected chi connectivity index (χ1v) is 11.8. The lowest BCUT2D eigenvalue weighted by Gasteiger charge is -2.21. The molecule has 0 aliphatic heterocycles. The SMILES string of the molecule is Cc1nc([C@H]2C[C@@H]2c2nc3ccccc3n2C)cc(-n2nc(C)nc2C2CCCCC2)n1. The van der Waals surface area contributed by atoms with Gasteiger partial charge in [0.1, 0.15) is 23.3 Å². The maximum atomic E-state index is 4.92. The second-order valence-electron chi connectivity index (χ2n) is 9.43. The molecule has 7 heteroatoms. The average molecular weight is 428 g/mol. The van der Waals surface area contributed by atoms with Crippen molar-refractivity contribution in [2.24, 2.45) is 7.05 Å². The van der Waals surface area contributed by atoms with Gasteiger partial charge in [-0.1, -0.05) is 31.4 Å². The molecule has 4 aromatic rings. The van der Waals surface area contributed by atoms with E-state index in [1.54, 1.807) is 0 Å². The smallest absolute Gasteiger partial charge is 0.159 e. The van der Waals surface area contributed by atoms with Gasteiger partial charge in [-0.3, -0.25) is 0 Å². The molecule has 2 aliphatic rings. The Bertz CT molecular complexity index is 1300. The largest absolute Gasteiger partial charge is 0.331 e. The van der Waals surface area contributed by atoms with Gasteiger partial charge in [0.15, 0.2) is 5.82 Å². The number of aryl methyl sites for hydroxylation is 3. The molecule has 2 atom stereocenters. The minimum Gasteiger partial charge on any atom is -0.331 e. The Morgan fingerprint density at radius 2 is 1.66 bits per heavy atom. The quantitative estimate of drug-likeness (QED) is 0.464. The Hall–Kier alpha value is -3.09. The molecule has 0 spiro atoms. The standard InChI is InChI=1S/C25H29N7/c1-15-26-21(18-13-19(18)25-29-20-11-7-8-12-22(20)31(25)3)14-23(27-15)32-24(28-16(2)30-32)17-9-5-4-6-10-17/h7-8,11-12,14,17-19H,4-6,9-10,13H2,1-3H3/t18-,19-/m0/s1. The molecule has 1 aromatic carbocycles. The second-order valence-corrected chi connectivity index (χ2v) is 9.43. The van der Waals surface area contributed by atoms with Crippen LogP contribution in [0, 0.1) is 13.8 Å². The lowest BCUT2D eigenvalue weighted by molar-refractivity contribution is 0.422. The normalized spacial score (nSPS) is 21.3. The van der Waals surface area contributed by atoms with Crippen molar-refractivity contribution in [2.75, 3.05) is 0 Å². The van der Waals surface area contributed by atoms with Gasteiger partial charge in [0.2, 0.25) is 0 Å². The summed E-state index contributed by atoms with van der Waals surface area (Å²) < 4.78 is 4.22. The fraction of sp³-hybridized carbons (Fsp3) is 0.480. The van der Waals surface area contributed by atoms with Crippen LogP contribution in [0.3, 0.4) is 0 Å². The molecule has 0 saturated heterocycles.